The number of methoxy groups -OCH3 is 1. The van der Waals surface area contributed by atoms with Crippen LogP contribution < -0.4 is 19.6 Å². The number of aliphatic hydroxyl groups excluding tert-OH is 9. The minimum absolute atomic E-state index is 0.00335. The Balaban J connectivity index is 1.11. The number of hydrogen-bond donors (Lipinski definition) is 12. The summed E-state index contributed by atoms with van der Waals surface area (Å²) in [7, 11) is 1.33. The number of esters is 2. The summed E-state index contributed by atoms with van der Waals surface area (Å²) in [5.74, 6) is -2.92. The number of fused-ring (bicyclic) bond motifs is 1. The number of phenols is 3. The number of phenolic OH excluding ortho intramolecular Hbond substituents is 3. The van der Waals surface area contributed by atoms with Crippen LogP contribution in [0.4, 0.5) is 0 Å². The molecule has 3 aromatic carbocycles. The van der Waals surface area contributed by atoms with Crippen molar-refractivity contribution in [2.45, 2.75) is 92.1 Å². The van der Waals surface area contributed by atoms with Crippen molar-refractivity contribution < 1.29 is 118 Å². The Kier molecular flexibility index (Phi) is 17.8. The van der Waals surface area contributed by atoms with Crippen molar-refractivity contribution in [3.63, 3.8) is 0 Å². The highest BCUT2D eigenvalue weighted by Gasteiger charge is 2.53. The van der Waals surface area contributed by atoms with Crippen LogP contribution in [0.15, 0.2) is 106 Å². The molecule has 0 amide bonds. The van der Waals surface area contributed by atoms with Gasteiger partial charge in [0.15, 0.2) is 46.9 Å². The normalized spacial score (nSPS) is 29.6. The molecule has 15 atom stereocenters. The van der Waals surface area contributed by atoms with Crippen molar-refractivity contribution in [2.75, 3.05) is 26.9 Å². The average molecular weight is 1080 g/mol. The molecule has 3 aromatic rings. The van der Waals surface area contributed by atoms with Gasteiger partial charge in [-0.25, -0.2) is 4.79 Å². The largest absolute Gasteiger partial charge is 0.510 e. The maximum absolute atomic E-state index is 13.1. The smallest absolute Gasteiger partial charge is 0.508 e. The zero-order chi connectivity index (χ0) is 55.2. The monoisotopic (exact) mass is 1080 g/mol. The number of aliphatic hydroxyl groups is 9. The summed E-state index contributed by atoms with van der Waals surface area (Å²) < 4.78 is 58.0. The van der Waals surface area contributed by atoms with E-state index in [1.54, 1.807) is 12.1 Å². The molecule has 0 unspecified atom stereocenters. The van der Waals surface area contributed by atoms with Crippen molar-refractivity contribution in [1.29, 1.82) is 0 Å². The number of aromatic hydroxyl groups is 3. The summed E-state index contributed by atoms with van der Waals surface area (Å²) >= 11 is 0. The van der Waals surface area contributed by atoms with Gasteiger partial charge in [0.1, 0.15) is 90.7 Å². The fourth-order valence-corrected chi connectivity index (χ4v) is 8.32. The highest BCUT2D eigenvalue weighted by atomic mass is 16.8. The Morgan fingerprint density at radius 1 is 0.597 bits per heavy atom. The molecule has 25 heteroatoms. The van der Waals surface area contributed by atoms with E-state index in [9.17, 15) is 75.7 Å². The first kappa shape index (κ1) is 56.0. The summed E-state index contributed by atoms with van der Waals surface area (Å²) in [6, 6.07) is 18.7. The second-order valence-electron chi connectivity index (χ2n) is 17.9. The van der Waals surface area contributed by atoms with Crippen molar-refractivity contribution >= 4 is 24.1 Å². The lowest BCUT2D eigenvalue weighted by molar-refractivity contribution is -0.357. The van der Waals surface area contributed by atoms with Crippen molar-refractivity contribution in [3.8, 4) is 57.1 Å². The summed E-state index contributed by atoms with van der Waals surface area (Å²) in [6.45, 7) is -2.25. The van der Waals surface area contributed by atoms with Gasteiger partial charge in [-0.15, -0.1) is 0 Å². The molecule has 3 saturated heterocycles. The summed E-state index contributed by atoms with van der Waals surface area (Å²) in [6.07, 6.45) is -23.2. The highest BCUT2D eigenvalue weighted by Crippen LogP contribution is 2.43. The molecule has 0 radical (unpaired) electrons. The highest BCUT2D eigenvalue weighted by molar-refractivity contribution is 5.88. The standard InChI is InChI=1S/C52H54O25/c1-68-33-16-24(4-13-30(33)57)6-15-39(59)69-21-36-41(61)44(64)47(67)51(75-36)77-49-45(65)42(62)37(22-70-38(58)14-5-23-2-9-26(54)10-3-23)76-52(49)73-34-19-29-31(71-48(34)25-7-11-27(55)12-8-25)17-28(56)18-32(29)72-50-46(66)43(63)40(60)35(20-53)74-50/h2-19,35-37,40-47,49-55,57,60-67H,20-22H2,1H3/p+1/t35-,36-,37-,40-,41-,42-,43+,44+,45+,46+,47-,49+,50-,51+,52-/m1/s1. The molecule has 412 valence electrons. The van der Waals surface area contributed by atoms with Crippen molar-refractivity contribution in [3.05, 3.63) is 118 Å². The average Bonchev–Trinajstić information content (AvgIpc) is 3.46. The van der Waals surface area contributed by atoms with Crippen LogP contribution in [0.1, 0.15) is 11.1 Å². The van der Waals surface area contributed by atoms with Crippen LogP contribution in [-0.4, -0.2) is 197 Å². The zero-order valence-corrected chi connectivity index (χ0v) is 40.4. The van der Waals surface area contributed by atoms with E-state index in [1.807, 2.05) is 0 Å². The SMILES string of the molecule is COc1cc(C=CC(=O)OC[C@H]2O[C@@H](O[C@@H]3[C@H](Oc4cc5c(O[C@@H]6O[C@H](CO)[C@@H](O)[C@H](O)[C@@H]6O)cc(=O)cc-5oc4-c4ccc(O)cc4)O[C@H](COC(=[OH+])C=Cc4ccc(O)cc4)[C@@H](O)[C@@H]3O)[C@H](O)[C@@H](O)[C@@H]2O)ccc1O. The van der Waals surface area contributed by atoms with Crippen LogP contribution in [0.5, 0.6) is 34.5 Å². The second kappa shape index (κ2) is 24.4. The molecule has 77 heavy (non-hydrogen) atoms. The van der Waals surface area contributed by atoms with E-state index in [0.29, 0.717) is 11.1 Å². The molecule has 5 aliphatic rings. The van der Waals surface area contributed by atoms with Crippen LogP contribution >= 0.6 is 0 Å². The lowest BCUT2D eigenvalue weighted by Gasteiger charge is -2.45. The first-order valence-electron chi connectivity index (χ1n) is 23.6. The Bertz CT molecular complexity index is 2900. The van der Waals surface area contributed by atoms with Gasteiger partial charge in [-0.05, 0) is 77.9 Å². The predicted molar refractivity (Wildman–Crippen MR) is 261 cm³/mol. The van der Waals surface area contributed by atoms with Crippen molar-refractivity contribution in [1.82, 2.24) is 0 Å². The first-order chi connectivity index (χ1) is 36.8. The molecule has 3 fully saturated rings. The lowest BCUT2D eigenvalue weighted by atomic mass is 9.97. The predicted octanol–water partition coefficient (Wildman–Crippen LogP) is -0.777. The van der Waals surface area contributed by atoms with Gasteiger partial charge in [0.05, 0.1) is 25.4 Å². The van der Waals surface area contributed by atoms with E-state index in [-0.39, 0.29) is 57.1 Å². The maximum atomic E-state index is 13.1. The third kappa shape index (κ3) is 13.0. The maximum Gasteiger partial charge on any atom is 0.510 e. The van der Waals surface area contributed by atoms with Crippen LogP contribution in [0, 0.1) is 0 Å². The van der Waals surface area contributed by atoms with E-state index in [2.05, 4.69) is 0 Å². The Labute approximate surface area is 435 Å². The van der Waals surface area contributed by atoms with Crippen molar-refractivity contribution in [2.24, 2.45) is 0 Å². The number of carbonyl (C=O) groups excluding carboxylic acids is 2. The molecule has 8 rings (SSSR count). The van der Waals surface area contributed by atoms with Gasteiger partial charge in [0.25, 0.3) is 0 Å². The van der Waals surface area contributed by atoms with Gasteiger partial charge in [-0.3, -0.25) is 4.79 Å². The zero-order valence-electron chi connectivity index (χ0n) is 40.4. The van der Waals surface area contributed by atoms with E-state index >= 15 is 0 Å². The number of hydrogen-bond acceptors (Lipinski definition) is 24. The molecule has 0 saturated carbocycles. The Morgan fingerprint density at radius 3 is 1.84 bits per heavy atom. The van der Waals surface area contributed by atoms with Gasteiger partial charge in [-0.2, -0.15) is 0 Å². The van der Waals surface area contributed by atoms with E-state index in [0.717, 1.165) is 24.3 Å². The topological polar surface area (TPSA) is 395 Å². The molecule has 1 aliphatic carbocycles. The third-order valence-electron chi connectivity index (χ3n) is 12.6. The molecule has 25 nitrogen and oxygen atoms in total. The van der Waals surface area contributed by atoms with Crippen LogP contribution in [0.25, 0.3) is 34.8 Å². The van der Waals surface area contributed by atoms with Gasteiger partial charge < -0.3 is 113 Å². The fraction of sp³-hybridized carbons (Fsp3) is 0.365. The lowest BCUT2D eigenvalue weighted by Crippen LogP contribution is -2.65. The van der Waals surface area contributed by atoms with Crippen LogP contribution in [0.2, 0.25) is 0 Å². The fourth-order valence-electron chi connectivity index (χ4n) is 8.32. The summed E-state index contributed by atoms with van der Waals surface area (Å²) in [5, 5.41) is 128. The molecule has 0 bridgehead atoms. The third-order valence-corrected chi connectivity index (χ3v) is 12.6. The quantitative estimate of drug-likeness (QED) is 0.0309. The van der Waals surface area contributed by atoms with E-state index in [1.165, 1.54) is 79.9 Å². The van der Waals surface area contributed by atoms with Crippen LogP contribution in [-0.2, 0) is 33.2 Å². The van der Waals surface area contributed by atoms with E-state index < -0.39 is 129 Å². The molecule has 0 aromatic heterocycles. The molecular formula is C52H55O25+. The molecule has 4 aliphatic heterocycles. The van der Waals surface area contributed by atoms with Gasteiger partial charge >= 0.3 is 11.9 Å². The summed E-state index contributed by atoms with van der Waals surface area (Å²) in [4.78, 5) is 36.6. The Hall–Kier alpha value is -7.21. The number of ether oxygens (including phenoxy) is 9. The second-order valence-corrected chi connectivity index (χ2v) is 17.9. The molecule has 4 heterocycles. The molecule has 0 spiro atoms. The number of rotatable bonds is 17. The van der Waals surface area contributed by atoms with Crippen LogP contribution in [0.3, 0.4) is 0 Å². The van der Waals surface area contributed by atoms with Gasteiger partial charge in [-0.1, -0.05) is 18.2 Å². The number of carbonyl (C=O) groups is 1. The minimum atomic E-state index is -2.11. The summed E-state index contributed by atoms with van der Waals surface area (Å²) in [5.41, 5.74) is 0.363. The van der Waals surface area contributed by atoms with Gasteiger partial charge in [0.2, 0.25) is 19.2 Å². The first-order valence-corrected chi connectivity index (χ1v) is 23.6. The Morgan fingerprint density at radius 2 is 1.17 bits per heavy atom. The van der Waals surface area contributed by atoms with Gasteiger partial charge in [0, 0.05) is 23.8 Å². The molecule has 13 N–H and O–H groups in total. The molecular weight excluding hydrogens is 1020 g/mol. The number of benzene rings is 4. The van der Waals surface area contributed by atoms with E-state index in [4.69, 9.17) is 47.0 Å². The minimum Gasteiger partial charge on any atom is -0.508 e.